The zero-order valence-corrected chi connectivity index (χ0v) is 13.1. The molecule has 1 aliphatic heterocycles. The van der Waals surface area contributed by atoms with Crippen molar-refractivity contribution in [2.45, 2.75) is 19.0 Å². The molecule has 0 aliphatic carbocycles. The van der Waals surface area contributed by atoms with Crippen molar-refractivity contribution in [1.82, 2.24) is 25.5 Å². The number of carbonyl (C=O) groups is 1. The summed E-state index contributed by atoms with van der Waals surface area (Å²) in [4.78, 5) is 17.7. The van der Waals surface area contributed by atoms with E-state index in [-0.39, 0.29) is 0 Å². The van der Waals surface area contributed by atoms with Crippen LogP contribution in [0.2, 0.25) is 0 Å². The van der Waals surface area contributed by atoms with Crippen molar-refractivity contribution in [2.75, 3.05) is 18.4 Å². The molecule has 2 aromatic heterocycles. The summed E-state index contributed by atoms with van der Waals surface area (Å²) in [5.41, 5.74) is 2.77. The fourth-order valence-corrected chi connectivity index (χ4v) is 2.15. The van der Waals surface area contributed by atoms with Crippen molar-refractivity contribution in [3.05, 3.63) is 23.1 Å². The third kappa shape index (κ3) is 5.09. The van der Waals surface area contributed by atoms with Crippen LogP contribution in [0.15, 0.2) is 11.6 Å². The van der Waals surface area contributed by atoms with E-state index in [2.05, 4.69) is 30.8 Å². The molecule has 1 saturated heterocycles. The fraction of sp³-hybridized carbons (Fsp3) is 0.417. The molecule has 0 unspecified atom stereocenters. The number of carboxylic acid groups (broad SMARTS) is 1. The van der Waals surface area contributed by atoms with Gasteiger partial charge in [-0.05, 0) is 6.92 Å². The van der Waals surface area contributed by atoms with E-state index < -0.39 is 12.1 Å². The highest BCUT2D eigenvalue weighted by Gasteiger charge is 2.38. The lowest BCUT2D eigenvalue weighted by Gasteiger charge is -2.26. The average molecular weight is 362 g/mol. The maximum atomic E-state index is 10.6. The second-order valence-electron chi connectivity index (χ2n) is 4.75. The third-order valence-corrected chi connectivity index (χ3v) is 3.50. The maximum absolute atomic E-state index is 10.6. The Morgan fingerprint density at radius 2 is 2.08 bits per heavy atom. The zero-order valence-electron chi connectivity index (χ0n) is 12.3. The summed E-state index contributed by atoms with van der Waals surface area (Å²) in [6.07, 6.45) is -5.08. The molecule has 0 bridgehead atoms. The molecule has 8 nitrogen and oxygen atoms in total. The second kappa shape index (κ2) is 7.49. The molecule has 3 rings (SSSR count). The number of aliphatic carboxylic acids is 1. The van der Waals surface area contributed by atoms with Crippen LogP contribution in [0.1, 0.15) is 17.4 Å². The second-order valence-corrected chi connectivity index (χ2v) is 5.59. The summed E-state index contributed by atoms with van der Waals surface area (Å²) in [7, 11) is 0. The first-order valence-corrected chi connectivity index (χ1v) is 7.53. The van der Waals surface area contributed by atoms with Crippen LogP contribution in [-0.4, -0.2) is 50.5 Å². The van der Waals surface area contributed by atoms with Gasteiger partial charge in [-0.2, -0.15) is 13.2 Å². The Morgan fingerprint density at radius 1 is 1.42 bits per heavy atom. The molecule has 3 heterocycles. The number of anilines is 2. The number of halogens is 3. The van der Waals surface area contributed by atoms with Gasteiger partial charge < -0.3 is 15.7 Å². The van der Waals surface area contributed by atoms with Gasteiger partial charge in [0, 0.05) is 25.1 Å². The predicted molar refractivity (Wildman–Crippen MR) is 79.3 cm³/mol. The van der Waals surface area contributed by atoms with E-state index in [9.17, 15) is 13.2 Å². The average Bonchev–Trinajstić information content (AvgIpc) is 2.88. The summed E-state index contributed by atoms with van der Waals surface area (Å²) in [5, 5.41) is 22.0. The van der Waals surface area contributed by atoms with Crippen LogP contribution in [0.25, 0.3) is 0 Å². The quantitative estimate of drug-likeness (QED) is 0.756. The number of hydrogen-bond acceptors (Lipinski definition) is 8. The van der Waals surface area contributed by atoms with E-state index >= 15 is 0 Å². The Bertz CT molecular complexity index is 691. The minimum Gasteiger partial charge on any atom is -0.475 e. The highest BCUT2D eigenvalue weighted by Crippen LogP contribution is 2.22. The van der Waals surface area contributed by atoms with Crippen LogP contribution >= 0.6 is 11.3 Å². The van der Waals surface area contributed by atoms with Crippen LogP contribution in [0.5, 0.6) is 0 Å². The van der Waals surface area contributed by atoms with E-state index in [1.807, 2.05) is 13.0 Å². The fourth-order valence-electron chi connectivity index (χ4n) is 1.70. The molecule has 130 valence electrons. The largest absolute Gasteiger partial charge is 0.490 e. The number of aryl methyl sites for hydroxylation is 1. The first kappa shape index (κ1) is 18.0. The highest BCUT2D eigenvalue weighted by molar-refractivity contribution is 7.13. The van der Waals surface area contributed by atoms with Crippen molar-refractivity contribution in [3.8, 4) is 0 Å². The molecule has 0 atom stereocenters. The Kier molecular flexibility index (Phi) is 5.62. The van der Waals surface area contributed by atoms with E-state index in [1.165, 1.54) is 11.3 Å². The smallest absolute Gasteiger partial charge is 0.475 e. The van der Waals surface area contributed by atoms with Gasteiger partial charge in [-0.3, -0.25) is 0 Å². The highest BCUT2D eigenvalue weighted by atomic mass is 32.1. The molecule has 1 aliphatic rings. The van der Waals surface area contributed by atoms with Crippen LogP contribution < -0.4 is 10.6 Å². The maximum Gasteiger partial charge on any atom is 0.490 e. The lowest BCUT2D eigenvalue weighted by molar-refractivity contribution is -0.192. The van der Waals surface area contributed by atoms with Gasteiger partial charge in [-0.1, -0.05) is 11.3 Å². The molecule has 0 saturated carbocycles. The summed E-state index contributed by atoms with van der Waals surface area (Å²) in [6, 6.07) is 1.99. The molecule has 2 aromatic rings. The molecule has 0 aromatic carbocycles. The number of aromatic nitrogens is 4. The Morgan fingerprint density at radius 3 is 2.54 bits per heavy atom. The molecule has 3 N–H and O–H groups in total. The Hall–Kier alpha value is -2.34. The first-order valence-electron chi connectivity index (χ1n) is 6.65. The number of alkyl halides is 3. The predicted octanol–water partition coefficient (Wildman–Crippen LogP) is 1.70. The van der Waals surface area contributed by atoms with Crippen molar-refractivity contribution in [1.29, 1.82) is 0 Å². The van der Waals surface area contributed by atoms with Crippen molar-refractivity contribution >= 4 is 28.3 Å². The molecule has 12 heteroatoms. The van der Waals surface area contributed by atoms with Gasteiger partial charge in [0.1, 0.15) is 17.2 Å². The van der Waals surface area contributed by atoms with Gasteiger partial charge in [0.05, 0.1) is 5.69 Å². The summed E-state index contributed by atoms with van der Waals surface area (Å²) < 4.78 is 31.7. The van der Waals surface area contributed by atoms with Crippen molar-refractivity contribution in [2.24, 2.45) is 0 Å². The summed E-state index contributed by atoms with van der Waals surface area (Å²) in [5.74, 6) is -0.684. The molecule has 0 radical (unpaired) electrons. The van der Waals surface area contributed by atoms with Gasteiger partial charge in [0.15, 0.2) is 0 Å². The lowest BCUT2D eigenvalue weighted by Crippen LogP contribution is -2.40. The number of rotatable bonds is 3. The van der Waals surface area contributed by atoms with E-state index in [4.69, 9.17) is 9.90 Å². The van der Waals surface area contributed by atoms with E-state index in [1.54, 1.807) is 5.51 Å². The van der Waals surface area contributed by atoms with Gasteiger partial charge >= 0.3 is 12.1 Å². The Labute approximate surface area is 138 Å². The number of carboxylic acids is 1. The Balaban J connectivity index is 0.000000256. The van der Waals surface area contributed by atoms with Crippen LogP contribution in [0, 0.1) is 6.92 Å². The number of nitrogens with one attached hydrogen (secondary N) is 2. The molecule has 0 amide bonds. The van der Waals surface area contributed by atoms with Crippen LogP contribution in [0.4, 0.5) is 24.1 Å². The monoisotopic (exact) mass is 362 g/mol. The summed E-state index contributed by atoms with van der Waals surface area (Å²) in [6.45, 7) is 3.89. The normalized spacial score (nSPS) is 14.3. The summed E-state index contributed by atoms with van der Waals surface area (Å²) >= 11 is 1.45. The SMILES string of the molecule is Cc1nc(Nc2nncs2)cc(C2CNC2)n1.O=C(O)C(F)(F)F. The van der Waals surface area contributed by atoms with Gasteiger partial charge in [-0.25, -0.2) is 14.8 Å². The topological polar surface area (TPSA) is 113 Å². The number of hydrogen-bond donors (Lipinski definition) is 3. The molecule has 0 spiro atoms. The van der Waals surface area contributed by atoms with Gasteiger partial charge in [0.25, 0.3) is 0 Å². The third-order valence-electron chi connectivity index (χ3n) is 2.90. The first-order chi connectivity index (χ1) is 11.3. The van der Waals surface area contributed by atoms with Crippen molar-refractivity contribution < 1.29 is 23.1 Å². The van der Waals surface area contributed by atoms with Gasteiger partial charge in [-0.15, -0.1) is 10.2 Å². The lowest BCUT2D eigenvalue weighted by atomic mass is 9.99. The van der Waals surface area contributed by atoms with Crippen LogP contribution in [-0.2, 0) is 4.79 Å². The van der Waals surface area contributed by atoms with Crippen molar-refractivity contribution in [3.63, 3.8) is 0 Å². The van der Waals surface area contributed by atoms with Crippen LogP contribution in [0.3, 0.4) is 0 Å². The van der Waals surface area contributed by atoms with E-state index in [0.29, 0.717) is 5.92 Å². The zero-order chi connectivity index (χ0) is 17.7. The number of nitrogens with zero attached hydrogens (tertiary/aromatic N) is 4. The molecular weight excluding hydrogens is 349 g/mol. The molecular formula is C12H13F3N6O2S. The van der Waals surface area contributed by atoms with E-state index in [0.717, 1.165) is 35.6 Å². The molecule has 1 fully saturated rings. The minimum atomic E-state index is -5.08. The molecule has 24 heavy (non-hydrogen) atoms. The minimum absolute atomic E-state index is 0.506. The van der Waals surface area contributed by atoms with Gasteiger partial charge in [0.2, 0.25) is 5.13 Å². The standard InChI is InChI=1S/C10H12N6S.C2HF3O2/c1-6-13-8(7-3-11-4-7)2-9(14-6)15-10-16-12-5-17-10;3-2(4,5)1(6)7/h2,5,7,11H,3-4H2,1H3,(H,13,14,15,16);(H,6,7).